The van der Waals surface area contributed by atoms with E-state index in [1.165, 1.54) is 11.8 Å². The van der Waals surface area contributed by atoms with Gasteiger partial charge < -0.3 is 20.5 Å². The number of carbonyl (C=O) groups is 1. The Balaban J connectivity index is 1.55. The summed E-state index contributed by atoms with van der Waals surface area (Å²) in [6.45, 7) is 5.80. The molecule has 5 rings (SSSR count). The van der Waals surface area contributed by atoms with E-state index < -0.39 is 5.60 Å². The van der Waals surface area contributed by atoms with E-state index >= 15 is 0 Å². The summed E-state index contributed by atoms with van der Waals surface area (Å²) in [5.74, 6) is 0.735. The van der Waals surface area contributed by atoms with Gasteiger partial charge in [-0.3, -0.25) is 4.79 Å². The number of methoxy groups -OCH3 is 1. The molecule has 1 fully saturated rings. The number of amides is 1. The number of nitrogens with zero attached hydrogens (tertiary/aromatic N) is 3. The highest BCUT2D eigenvalue weighted by molar-refractivity contribution is 7.99. The molecule has 0 unspecified atom stereocenters. The molecule has 1 saturated carbocycles. The third-order valence-corrected chi connectivity index (χ3v) is 7.09. The quantitative estimate of drug-likeness (QED) is 0.289. The molecule has 1 aliphatic carbocycles. The standard InChI is InChI=1S/C28H31N5O3S/c1-17-13-18(9-12-20(17)27(34)31-19-10-11-19)22-15-29-26-21(30-16-28(2,3)35)14-25(32-33(22)26)37-24-8-6-5-7-23(24)36-4/h5-9,12-15,19,30,35H,10-11,16H2,1-4H3,(H,31,34). The fourth-order valence-electron chi connectivity index (χ4n) is 4.02. The van der Waals surface area contributed by atoms with E-state index in [0.717, 1.165) is 51.0 Å². The molecule has 4 aromatic rings. The molecule has 2 aromatic carbocycles. The zero-order valence-electron chi connectivity index (χ0n) is 21.4. The highest BCUT2D eigenvalue weighted by Crippen LogP contribution is 2.36. The normalized spacial score (nSPS) is 13.5. The second kappa shape index (κ2) is 10.1. The molecule has 1 amide bonds. The summed E-state index contributed by atoms with van der Waals surface area (Å²) < 4.78 is 7.34. The lowest BCUT2D eigenvalue weighted by Gasteiger charge is -2.19. The Morgan fingerprint density at radius 3 is 2.70 bits per heavy atom. The molecular formula is C28H31N5O3S. The van der Waals surface area contributed by atoms with Gasteiger partial charge in [0.15, 0.2) is 5.65 Å². The Kier molecular flexibility index (Phi) is 6.83. The van der Waals surface area contributed by atoms with Crippen molar-refractivity contribution in [2.45, 2.75) is 55.2 Å². The van der Waals surface area contributed by atoms with Gasteiger partial charge in [-0.1, -0.05) is 30.0 Å². The molecule has 192 valence electrons. The van der Waals surface area contributed by atoms with Crippen LogP contribution in [0.1, 0.15) is 42.6 Å². The van der Waals surface area contributed by atoms with Crippen molar-refractivity contribution in [3.8, 4) is 17.0 Å². The van der Waals surface area contributed by atoms with E-state index in [2.05, 4.69) is 15.6 Å². The maximum Gasteiger partial charge on any atom is 0.251 e. The van der Waals surface area contributed by atoms with Gasteiger partial charge in [0.1, 0.15) is 10.8 Å². The van der Waals surface area contributed by atoms with Crippen LogP contribution in [0.2, 0.25) is 0 Å². The minimum Gasteiger partial charge on any atom is -0.496 e. The number of hydrogen-bond donors (Lipinski definition) is 3. The molecule has 0 atom stereocenters. The fourth-order valence-corrected chi connectivity index (χ4v) is 4.94. The molecule has 0 aliphatic heterocycles. The van der Waals surface area contributed by atoms with Crippen molar-refractivity contribution in [3.05, 3.63) is 65.9 Å². The zero-order valence-corrected chi connectivity index (χ0v) is 22.2. The highest BCUT2D eigenvalue weighted by atomic mass is 32.2. The lowest BCUT2D eigenvalue weighted by atomic mass is 10.0. The Morgan fingerprint density at radius 1 is 1.22 bits per heavy atom. The average Bonchev–Trinajstić information content (AvgIpc) is 3.57. The van der Waals surface area contributed by atoms with E-state index in [0.29, 0.717) is 23.8 Å². The zero-order chi connectivity index (χ0) is 26.2. The highest BCUT2D eigenvalue weighted by Gasteiger charge is 2.25. The predicted octanol–water partition coefficient (Wildman–Crippen LogP) is 4.94. The van der Waals surface area contributed by atoms with Gasteiger partial charge in [-0.2, -0.15) is 5.10 Å². The first-order chi connectivity index (χ1) is 17.7. The van der Waals surface area contributed by atoms with Crippen LogP contribution < -0.4 is 15.4 Å². The Bertz CT molecular complexity index is 1460. The molecule has 2 heterocycles. The number of hydrogen-bond acceptors (Lipinski definition) is 7. The van der Waals surface area contributed by atoms with E-state index in [1.807, 2.05) is 60.0 Å². The van der Waals surface area contributed by atoms with Gasteiger partial charge in [0, 0.05) is 23.7 Å². The summed E-state index contributed by atoms with van der Waals surface area (Å²) in [5.41, 5.74) is 3.80. The van der Waals surface area contributed by atoms with Gasteiger partial charge in [-0.25, -0.2) is 9.50 Å². The number of benzene rings is 2. The van der Waals surface area contributed by atoms with Gasteiger partial charge in [-0.05, 0) is 69.5 Å². The van der Waals surface area contributed by atoms with Crippen LogP contribution in [0.25, 0.3) is 16.9 Å². The van der Waals surface area contributed by atoms with E-state index in [9.17, 15) is 9.90 Å². The molecule has 0 bridgehead atoms. The third-order valence-electron chi connectivity index (χ3n) is 6.12. The largest absolute Gasteiger partial charge is 0.496 e. The maximum atomic E-state index is 12.6. The fraction of sp³-hybridized carbons (Fsp3) is 0.321. The number of aryl methyl sites for hydroxylation is 1. The van der Waals surface area contributed by atoms with Crippen molar-refractivity contribution in [2.75, 3.05) is 19.0 Å². The lowest BCUT2D eigenvalue weighted by Crippen LogP contribution is -2.29. The molecule has 8 nitrogen and oxygen atoms in total. The summed E-state index contributed by atoms with van der Waals surface area (Å²) in [4.78, 5) is 18.2. The second-order valence-corrected chi connectivity index (χ2v) is 11.0. The summed E-state index contributed by atoms with van der Waals surface area (Å²) in [6.07, 6.45) is 3.89. The number of carbonyl (C=O) groups excluding carboxylic acids is 1. The second-order valence-electron chi connectivity index (χ2n) is 9.97. The Labute approximate surface area is 220 Å². The van der Waals surface area contributed by atoms with Crippen molar-refractivity contribution in [1.82, 2.24) is 19.9 Å². The molecule has 2 aromatic heterocycles. The van der Waals surface area contributed by atoms with E-state index in [1.54, 1.807) is 27.2 Å². The van der Waals surface area contributed by atoms with Gasteiger partial charge in [0.2, 0.25) is 0 Å². The molecule has 0 spiro atoms. The van der Waals surface area contributed by atoms with Crippen LogP contribution in [0.4, 0.5) is 5.69 Å². The van der Waals surface area contributed by atoms with Gasteiger partial charge in [-0.15, -0.1) is 0 Å². The minimum absolute atomic E-state index is 0.0311. The number of anilines is 1. The Hall–Kier alpha value is -3.56. The Morgan fingerprint density at radius 2 is 2.00 bits per heavy atom. The molecule has 9 heteroatoms. The topological polar surface area (TPSA) is 101 Å². The summed E-state index contributed by atoms with van der Waals surface area (Å²) in [5, 5.41) is 22.3. The van der Waals surface area contributed by atoms with Crippen LogP contribution in [0.3, 0.4) is 0 Å². The number of fused-ring (bicyclic) bond motifs is 1. The maximum absolute atomic E-state index is 12.6. The minimum atomic E-state index is -0.903. The number of aromatic nitrogens is 3. The van der Waals surface area contributed by atoms with Crippen LogP contribution in [0.15, 0.2) is 64.6 Å². The molecule has 0 saturated heterocycles. The third kappa shape index (κ3) is 5.73. The van der Waals surface area contributed by atoms with Crippen LogP contribution >= 0.6 is 11.8 Å². The predicted molar refractivity (Wildman–Crippen MR) is 146 cm³/mol. The number of imidazole rings is 1. The summed E-state index contributed by atoms with van der Waals surface area (Å²) >= 11 is 1.49. The van der Waals surface area contributed by atoms with Crippen molar-refractivity contribution < 1.29 is 14.6 Å². The molecule has 37 heavy (non-hydrogen) atoms. The van der Waals surface area contributed by atoms with Crippen LogP contribution in [0, 0.1) is 6.92 Å². The molecular weight excluding hydrogens is 486 g/mol. The number of ether oxygens (including phenoxy) is 1. The molecule has 0 radical (unpaired) electrons. The van der Waals surface area contributed by atoms with Gasteiger partial charge in [0.25, 0.3) is 5.91 Å². The number of nitrogens with one attached hydrogen (secondary N) is 2. The first-order valence-electron chi connectivity index (χ1n) is 12.3. The van der Waals surface area contributed by atoms with Gasteiger partial charge in [0.05, 0.1) is 35.2 Å². The van der Waals surface area contributed by atoms with E-state index in [-0.39, 0.29) is 5.91 Å². The van der Waals surface area contributed by atoms with Crippen molar-refractivity contribution in [3.63, 3.8) is 0 Å². The number of rotatable bonds is 9. The van der Waals surface area contributed by atoms with E-state index in [4.69, 9.17) is 9.84 Å². The molecule has 3 N–H and O–H groups in total. The van der Waals surface area contributed by atoms with Crippen molar-refractivity contribution in [2.24, 2.45) is 0 Å². The summed E-state index contributed by atoms with van der Waals surface area (Å²) in [7, 11) is 1.65. The first-order valence-corrected chi connectivity index (χ1v) is 13.1. The lowest BCUT2D eigenvalue weighted by molar-refractivity contribution is 0.0940. The van der Waals surface area contributed by atoms with Crippen LogP contribution in [-0.2, 0) is 0 Å². The van der Waals surface area contributed by atoms with Gasteiger partial charge >= 0.3 is 0 Å². The van der Waals surface area contributed by atoms with Crippen molar-refractivity contribution in [1.29, 1.82) is 0 Å². The number of para-hydroxylation sites is 1. The van der Waals surface area contributed by atoms with Crippen LogP contribution in [-0.4, -0.2) is 50.9 Å². The average molecular weight is 518 g/mol. The van der Waals surface area contributed by atoms with Crippen LogP contribution in [0.5, 0.6) is 5.75 Å². The monoisotopic (exact) mass is 517 g/mol. The number of aliphatic hydroxyl groups is 1. The summed E-state index contributed by atoms with van der Waals surface area (Å²) in [6, 6.07) is 15.8. The first kappa shape index (κ1) is 25.1. The SMILES string of the molecule is COc1ccccc1Sc1cc(NCC(C)(C)O)c2ncc(-c3ccc(C(=O)NC4CC4)c(C)c3)n2n1. The molecule has 1 aliphatic rings. The smallest absolute Gasteiger partial charge is 0.251 e. The van der Waals surface area contributed by atoms with Crippen molar-refractivity contribution >= 4 is 29.0 Å².